The molecule has 0 unspecified atom stereocenters. The molecule has 1 aliphatic carbocycles. The number of carboxylic acid groups (broad SMARTS) is 1. The fourth-order valence-corrected chi connectivity index (χ4v) is 3.33. The van der Waals surface area contributed by atoms with Crippen molar-refractivity contribution < 1.29 is 14.3 Å². The lowest BCUT2D eigenvalue weighted by molar-refractivity contribution is 0.0695. The summed E-state index contributed by atoms with van der Waals surface area (Å²) in [6.45, 7) is 0. The number of rotatable bonds is 2. The van der Waals surface area contributed by atoms with Gasteiger partial charge in [-0.3, -0.25) is 0 Å². The number of carboxylic acids is 1. The van der Waals surface area contributed by atoms with Gasteiger partial charge in [0.05, 0.1) is 5.56 Å². The fraction of sp³-hybridized carbons (Fsp3) is 0.353. The quantitative estimate of drug-likeness (QED) is 0.858. The Morgan fingerprint density at radius 3 is 2.50 bits per heavy atom. The Balaban J connectivity index is 2.25. The largest absolute Gasteiger partial charge is 0.478 e. The Kier molecular flexibility index (Phi) is 3.43. The first-order chi connectivity index (χ1) is 9.66. The van der Waals surface area contributed by atoms with Crippen molar-refractivity contribution in [3.8, 4) is 0 Å². The van der Waals surface area contributed by atoms with Gasteiger partial charge in [0.15, 0.2) is 0 Å². The van der Waals surface area contributed by atoms with Crippen LogP contribution in [0.3, 0.4) is 0 Å². The monoisotopic (exact) mass is 272 g/mol. The van der Waals surface area contributed by atoms with Gasteiger partial charge in [-0.15, -0.1) is 0 Å². The van der Waals surface area contributed by atoms with E-state index in [9.17, 15) is 14.3 Å². The molecule has 1 saturated carbocycles. The van der Waals surface area contributed by atoms with E-state index in [2.05, 4.69) is 0 Å². The maximum absolute atomic E-state index is 13.6. The third-order valence-corrected chi connectivity index (χ3v) is 4.27. The molecule has 0 saturated heterocycles. The molecule has 2 aromatic carbocycles. The Labute approximate surface area is 117 Å². The molecular weight excluding hydrogens is 255 g/mol. The van der Waals surface area contributed by atoms with Gasteiger partial charge in [-0.05, 0) is 53.3 Å². The van der Waals surface area contributed by atoms with Crippen LogP contribution >= 0.6 is 0 Å². The van der Waals surface area contributed by atoms with Gasteiger partial charge < -0.3 is 5.11 Å². The second kappa shape index (κ2) is 5.23. The summed E-state index contributed by atoms with van der Waals surface area (Å²) in [5.74, 6) is -0.991. The molecule has 1 fully saturated rings. The molecule has 0 aromatic heterocycles. The summed E-state index contributed by atoms with van der Waals surface area (Å²) in [7, 11) is 0. The number of benzene rings is 2. The molecule has 0 aliphatic heterocycles. The van der Waals surface area contributed by atoms with Crippen LogP contribution in [0, 0.1) is 5.82 Å². The average molecular weight is 272 g/mol. The molecule has 0 bridgehead atoms. The van der Waals surface area contributed by atoms with Crippen molar-refractivity contribution in [2.45, 2.75) is 38.0 Å². The molecule has 0 atom stereocenters. The van der Waals surface area contributed by atoms with Gasteiger partial charge in [0.25, 0.3) is 0 Å². The van der Waals surface area contributed by atoms with Gasteiger partial charge in [0.2, 0.25) is 0 Å². The summed E-state index contributed by atoms with van der Waals surface area (Å²) in [6, 6.07) is 8.05. The lowest BCUT2D eigenvalue weighted by atomic mass is 9.80. The predicted octanol–water partition coefficient (Wildman–Crippen LogP) is 4.72. The molecule has 2 aromatic rings. The van der Waals surface area contributed by atoms with E-state index in [0.717, 1.165) is 42.0 Å². The highest BCUT2D eigenvalue weighted by Crippen LogP contribution is 2.38. The second-order valence-electron chi connectivity index (χ2n) is 5.53. The molecule has 1 N–H and O–H groups in total. The van der Waals surface area contributed by atoms with Crippen LogP contribution in [0.1, 0.15) is 53.9 Å². The van der Waals surface area contributed by atoms with Gasteiger partial charge in [0, 0.05) is 0 Å². The minimum absolute atomic E-state index is 0.236. The number of aromatic carboxylic acids is 1. The summed E-state index contributed by atoms with van der Waals surface area (Å²) in [6.07, 6.45) is 5.44. The highest BCUT2D eigenvalue weighted by atomic mass is 19.1. The highest BCUT2D eigenvalue weighted by molar-refractivity contribution is 5.98. The van der Waals surface area contributed by atoms with Gasteiger partial charge in [-0.25, -0.2) is 9.18 Å². The standard InChI is InChI=1S/C17H17FO2/c18-13-8-6-11-7-9-14(17(19)20)16(15(11)10-13)12-4-2-1-3-5-12/h6-10,12H,1-5H2,(H,19,20). The van der Waals surface area contributed by atoms with E-state index in [1.807, 2.05) is 0 Å². The van der Waals surface area contributed by atoms with E-state index >= 15 is 0 Å². The normalized spacial score (nSPS) is 16.4. The molecule has 1 aliphatic rings. The molecule has 0 heterocycles. The fourth-order valence-electron chi connectivity index (χ4n) is 3.33. The van der Waals surface area contributed by atoms with E-state index < -0.39 is 5.97 Å². The van der Waals surface area contributed by atoms with Crippen molar-refractivity contribution in [1.29, 1.82) is 0 Å². The van der Waals surface area contributed by atoms with E-state index in [-0.39, 0.29) is 11.7 Å². The van der Waals surface area contributed by atoms with Crippen molar-refractivity contribution in [2.24, 2.45) is 0 Å². The Bertz CT molecular complexity index is 657. The molecule has 3 rings (SSSR count). The maximum Gasteiger partial charge on any atom is 0.335 e. The number of hydrogen-bond donors (Lipinski definition) is 1. The third kappa shape index (κ3) is 2.28. The van der Waals surface area contributed by atoms with Gasteiger partial charge in [0.1, 0.15) is 5.82 Å². The Morgan fingerprint density at radius 2 is 1.80 bits per heavy atom. The van der Waals surface area contributed by atoms with Crippen LogP contribution in [0.25, 0.3) is 10.8 Å². The average Bonchev–Trinajstić information content (AvgIpc) is 2.46. The SMILES string of the molecule is O=C(O)c1ccc2ccc(F)cc2c1C1CCCCC1. The Hall–Kier alpha value is -1.90. The first-order valence-corrected chi connectivity index (χ1v) is 7.12. The maximum atomic E-state index is 13.6. The van der Waals surface area contributed by atoms with Crippen molar-refractivity contribution in [3.63, 3.8) is 0 Å². The molecule has 2 nitrogen and oxygen atoms in total. The van der Waals surface area contributed by atoms with E-state index in [4.69, 9.17) is 0 Å². The smallest absolute Gasteiger partial charge is 0.335 e. The number of carbonyl (C=O) groups is 1. The van der Waals surface area contributed by atoms with E-state index in [0.29, 0.717) is 5.56 Å². The van der Waals surface area contributed by atoms with E-state index in [1.54, 1.807) is 18.2 Å². The van der Waals surface area contributed by atoms with Crippen LogP contribution in [0.5, 0.6) is 0 Å². The van der Waals surface area contributed by atoms with Crippen molar-refractivity contribution in [1.82, 2.24) is 0 Å². The van der Waals surface area contributed by atoms with Crippen LogP contribution in [0.15, 0.2) is 30.3 Å². The van der Waals surface area contributed by atoms with Crippen LogP contribution in [0.4, 0.5) is 4.39 Å². The zero-order chi connectivity index (χ0) is 14.1. The molecule has 0 amide bonds. The summed E-state index contributed by atoms with van der Waals surface area (Å²) in [4.78, 5) is 11.5. The lowest BCUT2D eigenvalue weighted by Crippen LogP contribution is -2.11. The topological polar surface area (TPSA) is 37.3 Å². The molecule has 0 spiro atoms. The zero-order valence-corrected chi connectivity index (χ0v) is 11.2. The van der Waals surface area contributed by atoms with Crippen molar-refractivity contribution >= 4 is 16.7 Å². The zero-order valence-electron chi connectivity index (χ0n) is 11.2. The lowest BCUT2D eigenvalue weighted by Gasteiger charge is -2.25. The minimum Gasteiger partial charge on any atom is -0.478 e. The number of fused-ring (bicyclic) bond motifs is 1. The number of hydrogen-bond acceptors (Lipinski definition) is 1. The van der Waals surface area contributed by atoms with Gasteiger partial charge in [-0.2, -0.15) is 0 Å². The van der Waals surface area contributed by atoms with Crippen LogP contribution in [-0.4, -0.2) is 11.1 Å². The molecule has 20 heavy (non-hydrogen) atoms. The second-order valence-corrected chi connectivity index (χ2v) is 5.53. The molecular formula is C17H17FO2. The minimum atomic E-state index is -0.920. The van der Waals surface area contributed by atoms with Crippen LogP contribution in [-0.2, 0) is 0 Å². The van der Waals surface area contributed by atoms with Crippen molar-refractivity contribution in [3.05, 3.63) is 47.3 Å². The van der Waals surface area contributed by atoms with Crippen molar-refractivity contribution in [2.75, 3.05) is 0 Å². The highest BCUT2D eigenvalue weighted by Gasteiger charge is 2.23. The molecule has 104 valence electrons. The molecule has 3 heteroatoms. The third-order valence-electron chi connectivity index (χ3n) is 4.27. The number of halogens is 1. The van der Waals surface area contributed by atoms with E-state index in [1.165, 1.54) is 18.6 Å². The first-order valence-electron chi connectivity index (χ1n) is 7.12. The first kappa shape index (κ1) is 13.1. The summed E-state index contributed by atoms with van der Waals surface area (Å²) in [5.41, 5.74) is 1.16. The summed E-state index contributed by atoms with van der Waals surface area (Å²) in [5, 5.41) is 11.1. The Morgan fingerprint density at radius 1 is 1.10 bits per heavy atom. The molecule has 0 radical (unpaired) electrons. The van der Waals surface area contributed by atoms with Crippen LogP contribution < -0.4 is 0 Å². The summed E-state index contributed by atoms with van der Waals surface area (Å²) >= 11 is 0. The predicted molar refractivity (Wildman–Crippen MR) is 76.7 cm³/mol. The summed E-state index contributed by atoms with van der Waals surface area (Å²) < 4.78 is 13.6. The van der Waals surface area contributed by atoms with Gasteiger partial charge >= 0.3 is 5.97 Å². The van der Waals surface area contributed by atoms with Gasteiger partial charge in [-0.1, -0.05) is 31.4 Å². The van der Waals surface area contributed by atoms with Crippen LogP contribution in [0.2, 0.25) is 0 Å².